The molecular formula is C25H25F2NO5. The molecule has 0 saturated carbocycles. The van der Waals surface area contributed by atoms with Gasteiger partial charge in [0.1, 0.15) is 6.61 Å². The summed E-state index contributed by atoms with van der Waals surface area (Å²) in [6, 6.07) is 19.4. The minimum absolute atomic E-state index is 0.0399. The van der Waals surface area contributed by atoms with Gasteiger partial charge in [-0.05, 0) is 47.9 Å². The zero-order valence-electron chi connectivity index (χ0n) is 18.3. The molecule has 0 spiro atoms. The maximum Gasteiger partial charge on any atom is 0.387 e. The Balaban J connectivity index is 1.56. The largest absolute Gasteiger partial charge is 0.493 e. The molecule has 174 valence electrons. The number of methoxy groups -OCH3 is 2. The first-order valence-electron chi connectivity index (χ1n) is 10.2. The molecule has 0 saturated heterocycles. The number of carbonyl (C=O) groups is 1. The molecule has 0 heterocycles. The molecule has 0 atom stereocenters. The number of nitrogens with one attached hydrogen (secondary N) is 1. The summed E-state index contributed by atoms with van der Waals surface area (Å²) < 4.78 is 45.6. The lowest BCUT2D eigenvalue weighted by atomic mass is 10.1. The Morgan fingerprint density at radius 3 is 2.24 bits per heavy atom. The van der Waals surface area contributed by atoms with Crippen molar-refractivity contribution in [2.75, 3.05) is 20.8 Å². The molecule has 0 fully saturated rings. The van der Waals surface area contributed by atoms with Gasteiger partial charge in [0.25, 0.3) is 5.91 Å². The van der Waals surface area contributed by atoms with E-state index in [4.69, 9.17) is 14.2 Å². The van der Waals surface area contributed by atoms with Crippen LogP contribution in [0.3, 0.4) is 0 Å². The van der Waals surface area contributed by atoms with Crippen molar-refractivity contribution in [3.63, 3.8) is 0 Å². The highest BCUT2D eigenvalue weighted by Gasteiger charge is 2.13. The number of ether oxygens (including phenoxy) is 4. The van der Waals surface area contributed by atoms with Gasteiger partial charge in [0, 0.05) is 12.1 Å². The van der Waals surface area contributed by atoms with Crippen LogP contribution >= 0.6 is 0 Å². The maximum atomic E-state index is 12.6. The second kappa shape index (κ2) is 11.7. The highest BCUT2D eigenvalue weighted by atomic mass is 19.3. The summed E-state index contributed by atoms with van der Waals surface area (Å²) in [6.45, 7) is -2.21. The van der Waals surface area contributed by atoms with E-state index in [1.807, 2.05) is 30.3 Å². The van der Waals surface area contributed by atoms with Crippen LogP contribution in [0.5, 0.6) is 23.0 Å². The Morgan fingerprint density at radius 1 is 0.848 bits per heavy atom. The lowest BCUT2D eigenvalue weighted by Gasteiger charge is -2.13. The van der Waals surface area contributed by atoms with Gasteiger partial charge in [-0.15, -0.1) is 0 Å². The molecule has 8 heteroatoms. The van der Waals surface area contributed by atoms with Crippen LogP contribution in [-0.2, 0) is 13.0 Å². The van der Waals surface area contributed by atoms with Gasteiger partial charge in [0.2, 0.25) is 0 Å². The first kappa shape index (κ1) is 23.8. The molecule has 0 aliphatic heterocycles. The quantitative estimate of drug-likeness (QED) is 0.446. The molecular weight excluding hydrogens is 432 g/mol. The van der Waals surface area contributed by atoms with E-state index in [2.05, 4.69) is 10.1 Å². The van der Waals surface area contributed by atoms with E-state index in [0.29, 0.717) is 36.6 Å². The van der Waals surface area contributed by atoms with Gasteiger partial charge < -0.3 is 24.3 Å². The molecule has 0 aliphatic carbocycles. The standard InChI is InChI=1S/C25H25F2NO5/c1-30-22-14-17(8-10-21(22)33-25(26)27)12-13-28-24(29)19-9-11-20(23(15-19)31-2)32-16-18-6-4-3-5-7-18/h3-11,14-15,25H,12-13,16H2,1-2H3,(H,28,29). The van der Waals surface area contributed by atoms with Crippen molar-refractivity contribution in [3.8, 4) is 23.0 Å². The smallest absolute Gasteiger partial charge is 0.387 e. The first-order valence-corrected chi connectivity index (χ1v) is 10.2. The highest BCUT2D eigenvalue weighted by molar-refractivity contribution is 5.94. The fourth-order valence-electron chi connectivity index (χ4n) is 3.15. The molecule has 0 aromatic heterocycles. The molecule has 3 aromatic rings. The van der Waals surface area contributed by atoms with E-state index in [1.165, 1.54) is 20.3 Å². The summed E-state index contributed by atoms with van der Waals surface area (Å²) in [4.78, 5) is 12.6. The fourth-order valence-corrected chi connectivity index (χ4v) is 3.15. The van der Waals surface area contributed by atoms with Crippen molar-refractivity contribution in [1.29, 1.82) is 0 Å². The predicted molar refractivity (Wildman–Crippen MR) is 119 cm³/mol. The average Bonchev–Trinajstić information content (AvgIpc) is 2.83. The Kier molecular flexibility index (Phi) is 8.46. The van der Waals surface area contributed by atoms with Crippen LogP contribution in [-0.4, -0.2) is 33.3 Å². The van der Waals surface area contributed by atoms with Crippen LogP contribution in [0.4, 0.5) is 8.78 Å². The molecule has 0 unspecified atom stereocenters. The van der Waals surface area contributed by atoms with E-state index >= 15 is 0 Å². The molecule has 6 nitrogen and oxygen atoms in total. The molecule has 0 aliphatic rings. The van der Waals surface area contributed by atoms with Crippen molar-refractivity contribution in [2.24, 2.45) is 0 Å². The molecule has 0 bridgehead atoms. The first-order chi connectivity index (χ1) is 16.0. The van der Waals surface area contributed by atoms with Crippen LogP contribution in [0.1, 0.15) is 21.5 Å². The molecule has 3 aromatic carbocycles. The van der Waals surface area contributed by atoms with Gasteiger partial charge in [-0.2, -0.15) is 8.78 Å². The number of carbonyl (C=O) groups excluding carboxylic acids is 1. The fraction of sp³-hybridized carbons (Fsp3) is 0.240. The average molecular weight is 457 g/mol. The van der Waals surface area contributed by atoms with Crippen LogP contribution in [0, 0.1) is 0 Å². The minimum Gasteiger partial charge on any atom is -0.493 e. The SMILES string of the molecule is COc1cc(C(=O)NCCc2ccc(OC(F)F)c(OC)c2)ccc1OCc1ccccc1. The van der Waals surface area contributed by atoms with Gasteiger partial charge in [-0.1, -0.05) is 36.4 Å². The summed E-state index contributed by atoms with van der Waals surface area (Å²) in [6.07, 6.45) is 0.479. The molecule has 3 rings (SSSR count). The Bertz CT molecular complexity index is 1060. The third-order valence-electron chi connectivity index (χ3n) is 4.81. The second-order valence-corrected chi connectivity index (χ2v) is 7.01. The van der Waals surface area contributed by atoms with Crippen LogP contribution in [0.25, 0.3) is 0 Å². The van der Waals surface area contributed by atoms with E-state index in [-0.39, 0.29) is 17.4 Å². The van der Waals surface area contributed by atoms with Crippen molar-refractivity contribution >= 4 is 5.91 Å². The van der Waals surface area contributed by atoms with E-state index < -0.39 is 6.61 Å². The summed E-state index contributed by atoms with van der Waals surface area (Å²) in [5.74, 6) is 0.887. The monoisotopic (exact) mass is 457 g/mol. The number of alkyl halides is 2. The second-order valence-electron chi connectivity index (χ2n) is 7.01. The number of benzene rings is 3. The minimum atomic E-state index is -2.93. The van der Waals surface area contributed by atoms with E-state index in [9.17, 15) is 13.6 Å². The molecule has 33 heavy (non-hydrogen) atoms. The van der Waals surface area contributed by atoms with Gasteiger partial charge in [-0.3, -0.25) is 4.79 Å². The van der Waals surface area contributed by atoms with Crippen molar-refractivity contribution in [3.05, 3.63) is 83.4 Å². The molecule has 0 radical (unpaired) electrons. The molecule has 1 amide bonds. The molecule has 1 N–H and O–H groups in total. The highest BCUT2D eigenvalue weighted by Crippen LogP contribution is 2.30. The topological polar surface area (TPSA) is 66.0 Å². The summed E-state index contributed by atoms with van der Waals surface area (Å²) in [5.41, 5.74) is 2.25. The zero-order valence-corrected chi connectivity index (χ0v) is 18.3. The Morgan fingerprint density at radius 2 is 1.55 bits per heavy atom. The predicted octanol–water partition coefficient (Wildman–Crippen LogP) is 4.86. The Labute approximate surface area is 191 Å². The van der Waals surface area contributed by atoms with Crippen molar-refractivity contribution in [1.82, 2.24) is 5.32 Å². The Hall–Kier alpha value is -3.81. The van der Waals surface area contributed by atoms with Gasteiger partial charge >= 0.3 is 6.61 Å². The summed E-state index contributed by atoms with van der Waals surface area (Å²) in [7, 11) is 2.89. The number of amides is 1. The normalized spacial score (nSPS) is 10.6. The van der Waals surface area contributed by atoms with Gasteiger partial charge in [0.15, 0.2) is 23.0 Å². The van der Waals surface area contributed by atoms with Gasteiger partial charge in [0.05, 0.1) is 14.2 Å². The number of rotatable bonds is 11. The van der Waals surface area contributed by atoms with E-state index in [1.54, 1.807) is 30.3 Å². The van der Waals surface area contributed by atoms with Gasteiger partial charge in [-0.25, -0.2) is 0 Å². The lowest BCUT2D eigenvalue weighted by molar-refractivity contribution is -0.0512. The number of halogens is 2. The third kappa shape index (κ3) is 6.83. The number of hydrogen-bond donors (Lipinski definition) is 1. The van der Waals surface area contributed by atoms with Crippen molar-refractivity contribution in [2.45, 2.75) is 19.6 Å². The third-order valence-corrected chi connectivity index (χ3v) is 4.81. The number of hydrogen-bond acceptors (Lipinski definition) is 5. The summed E-state index contributed by atoms with van der Waals surface area (Å²) in [5, 5.41) is 2.83. The van der Waals surface area contributed by atoms with Crippen LogP contribution in [0.2, 0.25) is 0 Å². The zero-order chi connectivity index (χ0) is 23.6. The van der Waals surface area contributed by atoms with Crippen molar-refractivity contribution < 1.29 is 32.5 Å². The van der Waals surface area contributed by atoms with Crippen LogP contribution in [0.15, 0.2) is 66.7 Å². The van der Waals surface area contributed by atoms with E-state index in [0.717, 1.165) is 11.1 Å². The maximum absolute atomic E-state index is 12.6. The summed E-state index contributed by atoms with van der Waals surface area (Å²) >= 11 is 0. The van der Waals surface area contributed by atoms with Crippen LogP contribution < -0.4 is 24.3 Å². The lowest BCUT2D eigenvalue weighted by Crippen LogP contribution is -2.25.